The van der Waals surface area contributed by atoms with Gasteiger partial charge in [0.15, 0.2) is 0 Å². The molecule has 1 radical (unpaired) electrons. The zero-order valence-corrected chi connectivity index (χ0v) is 9.17. The molecule has 0 aliphatic heterocycles. The largest absolute Gasteiger partial charge is 0.383 e. The zero-order valence-electron chi connectivity index (χ0n) is 8.36. The minimum atomic E-state index is -3.48. The van der Waals surface area contributed by atoms with Crippen LogP contribution in [0.3, 0.4) is 0 Å². The molecular weight excluding hydrogens is 214 g/mol. The Kier molecular flexibility index (Phi) is 3.74. The molecule has 5 heteroatoms. The van der Waals surface area contributed by atoms with Crippen molar-refractivity contribution in [3.05, 3.63) is 36.9 Å². The molecule has 0 bridgehead atoms. The summed E-state index contributed by atoms with van der Waals surface area (Å²) in [5, 5.41) is 2.97. The van der Waals surface area contributed by atoms with Gasteiger partial charge in [0.1, 0.15) is 5.75 Å². The fourth-order valence-electron chi connectivity index (χ4n) is 0.956. The van der Waals surface area contributed by atoms with E-state index in [2.05, 4.69) is 18.0 Å². The van der Waals surface area contributed by atoms with Gasteiger partial charge in [-0.3, -0.25) is 0 Å². The minimum absolute atomic E-state index is 0.266. The zero-order chi connectivity index (χ0) is 11.3. The number of anilines is 1. The van der Waals surface area contributed by atoms with Crippen molar-refractivity contribution in [3.8, 4) is 5.75 Å². The van der Waals surface area contributed by atoms with Crippen molar-refractivity contribution in [2.75, 3.05) is 18.1 Å². The number of benzene rings is 1. The molecule has 1 aromatic rings. The molecule has 0 unspecified atom stereocenters. The first-order chi connectivity index (χ1) is 7.01. The second-order valence-electron chi connectivity index (χ2n) is 2.90. The molecule has 0 aromatic heterocycles. The van der Waals surface area contributed by atoms with E-state index in [4.69, 9.17) is 4.18 Å². The van der Waals surface area contributed by atoms with Gasteiger partial charge in [0.05, 0.1) is 6.26 Å². The van der Waals surface area contributed by atoms with Crippen molar-refractivity contribution in [3.63, 3.8) is 0 Å². The summed E-state index contributed by atoms with van der Waals surface area (Å²) in [5.74, 6) is 0.266. The van der Waals surface area contributed by atoms with Gasteiger partial charge < -0.3 is 9.50 Å². The van der Waals surface area contributed by atoms with Crippen molar-refractivity contribution in [1.29, 1.82) is 0 Å². The molecule has 0 atom stereocenters. The van der Waals surface area contributed by atoms with Crippen LogP contribution in [0.5, 0.6) is 5.75 Å². The highest BCUT2D eigenvalue weighted by Gasteiger charge is 2.04. The van der Waals surface area contributed by atoms with Crippen LogP contribution in [0.1, 0.15) is 0 Å². The molecule has 15 heavy (non-hydrogen) atoms. The first-order valence-corrected chi connectivity index (χ1v) is 6.09. The number of nitrogens with one attached hydrogen (secondary N) is 1. The van der Waals surface area contributed by atoms with Crippen LogP contribution >= 0.6 is 0 Å². The maximum atomic E-state index is 10.9. The molecule has 0 aliphatic rings. The van der Waals surface area contributed by atoms with Crippen molar-refractivity contribution in [2.45, 2.75) is 0 Å². The third kappa shape index (κ3) is 4.51. The number of rotatable bonds is 5. The van der Waals surface area contributed by atoms with Crippen LogP contribution in [0.15, 0.2) is 30.9 Å². The molecule has 81 valence electrons. The van der Waals surface area contributed by atoms with E-state index in [1.807, 2.05) is 0 Å². The molecule has 0 saturated carbocycles. The van der Waals surface area contributed by atoms with Gasteiger partial charge in [-0.25, -0.2) is 0 Å². The Bertz CT molecular complexity index is 440. The Hall–Kier alpha value is -1.49. The van der Waals surface area contributed by atoms with Gasteiger partial charge in [-0.05, 0) is 12.1 Å². The van der Waals surface area contributed by atoms with E-state index in [0.29, 0.717) is 12.2 Å². The fraction of sp³-hybridized carbons (Fsp3) is 0.200. The van der Waals surface area contributed by atoms with Crippen LogP contribution in [0.4, 0.5) is 5.69 Å². The first-order valence-electron chi connectivity index (χ1n) is 4.27. The Morgan fingerprint density at radius 3 is 3.00 bits per heavy atom. The lowest BCUT2D eigenvalue weighted by atomic mass is 10.3. The fourth-order valence-corrected chi connectivity index (χ4v) is 1.41. The van der Waals surface area contributed by atoms with Gasteiger partial charge in [0.25, 0.3) is 0 Å². The molecule has 0 saturated heterocycles. The van der Waals surface area contributed by atoms with E-state index in [1.165, 1.54) is 6.07 Å². The highest BCUT2D eigenvalue weighted by Crippen LogP contribution is 2.17. The number of hydrogen-bond donors (Lipinski definition) is 1. The average molecular weight is 226 g/mol. The molecule has 0 amide bonds. The van der Waals surface area contributed by atoms with E-state index in [1.54, 1.807) is 18.2 Å². The smallest absolute Gasteiger partial charge is 0.306 e. The van der Waals surface area contributed by atoms with Crippen molar-refractivity contribution < 1.29 is 12.6 Å². The van der Waals surface area contributed by atoms with Gasteiger partial charge >= 0.3 is 10.1 Å². The van der Waals surface area contributed by atoms with Gasteiger partial charge in [-0.15, -0.1) is 6.58 Å². The summed E-state index contributed by atoms with van der Waals surface area (Å²) in [6.07, 6.45) is 2.69. The van der Waals surface area contributed by atoms with Gasteiger partial charge in [-0.1, -0.05) is 6.08 Å². The summed E-state index contributed by atoms with van der Waals surface area (Å²) in [5.41, 5.74) is 0.663. The topological polar surface area (TPSA) is 55.4 Å². The van der Waals surface area contributed by atoms with Crippen LogP contribution in [0.2, 0.25) is 0 Å². The predicted molar refractivity (Wildman–Crippen MR) is 59.4 cm³/mol. The Balaban J connectivity index is 2.78. The summed E-state index contributed by atoms with van der Waals surface area (Å²) in [4.78, 5) is 0. The molecule has 0 aliphatic carbocycles. The second kappa shape index (κ2) is 4.84. The lowest BCUT2D eigenvalue weighted by Crippen LogP contribution is -2.06. The molecule has 0 spiro atoms. The summed E-state index contributed by atoms with van der Waals surface area (Å²) < 4.78 is 26.4. The predicted octanol–water partition coefficient (Wildman–Crippen LogP) is 1.42. The third-order valence-electron chi connectivity index (χ3n) is 1.46. The van der Waals surface area contributed by atoms with E-state index < -0.39 is 10.1 Å². The summed E-state index contributed by atoms with van der Waals surface area (Å²) >= 11 is 0. The highest BCUT2D eigenvalue weighted by atomic mass is 32.2. The standard InChI is InChI=1S/C10H12NO3S/c1-3-7-11-9-5-4-6-10(8-9)14-15(2,12)13/h3-4,6,8,11H,1,7H2,2H3. The summed E-state index contributed by atoms with van der Waals surface area (Å²) in [6, 6.07) is 7.57. The monoisotopic (exact) mass is 226 g/mol. The first kappa shape index (κ1) is 11.6. The third-order valence-corrected chi connectivity index (χ3v) is 1.95. The lowest BCUT2D eigenvalue weighted by molar-refractivity contribution is 0.493. The Morgan fingerprint density at radius 2 is 2.40 bits per heavy atom. The van der Waals surface area contributed by atoms with Crippen LogP contribution in [0, 0.1) is 6.07 Å². The van der Waals surface area contributed by atoms with E-state index in [0.717, 1.165) is 6.26 Å². The highest BCUT2D eigenvalue weighted by molar-refractivity contribution is 7.86. The quantitative estimate of drug-likeness (QED) is 0.609. The maximum absolute atomic E-state index is 10.9. The van der Waals surface area contributed by atoms with Gasteiger partial charge in [-0.2, -0.15) is 8.42 Å². The van der Waals surface area contributed by atoms with Crippen LogP contribution in [0.25, 0.3) is 0 Å². The molecule has 1 N–H and O–H groups in total. The lowest BCUT2D eigenvalue weighted by Gasteiger charge is -2.06. The van der Waals surface area contributed by atoms with Gasteiger partial charge in [0.2, 0.25) is 0 Å². The average Bonchev–Trinajstić information content (AvgIpc) is 2.12. The van der Waals surface area contributed by atoms with Crippen molar-refractivity contribution in [1.82, 2.24) is 0 Å². The van der Waals surface area contributed by atoms with E-state index >= 15 is 0 Å². The van der Waals surface area contributed by atoms with Crippen LogP contribution in [-0.4, -0.2) is 21.2 Å². The van der Waals surface area contributed by atoms with Crippen molar-refractivity contribution >= 4 is 15.8 Å². The van der Waals surface area contributed by atoms with Crippen LogP contribution in [-0.2, 0) is 10.1 Å². The Morgan fingerprint density at radius 1 is 1.67 bits per heavy atom. The summed E-state index contributed by atoms with van der Waals surface area (Å²) in [7, 11) is -3.48. The SMILES string of the molecule is C=CCNc1[c]ccc(OS(C)(=O)=O)c1. The number of hydrogen-bond acceptors (Lipinski definition) is 4. The van der Waals surface area contributed by atoms with Crippen LogP contribution < -0.4 is 9.50 Å². The molecule has 4 nitrogen and oxygen atoms in total. The maximum Gasteiger partial charge on any atom is 0.306 e. The Labute approximate surface area is 89.7 Å². The molecule has 0 heterocycles. The van der Waals surface area contributed by atoms with E-state index in [-0.39, 0.29) is 5.75 Å². The molecular formula is C10H12NO3S. The molecule has 1 aromatic carbocycles. The minimum Gasteiger partial charge on any atom is -0.383 e. The molecule has 0 fully saturated rings. The van der Waals surface area contributed by atoms with Crippen molar-refractivity contribution in [2.24, 2.45) is 0 Å². The molecule has 1 rings (SSSR count). The van der Waals surface area contributed by atoms with E-state index in [9.17, 15) is 8.42 Å². The normalized spacial score (nSPS) is 10.7. The summed E-state index contributed by atoms with van der Waals surface area (Å²) in [6.45, 7) is 4.14. The second-order valence-corrected chi connectivity index (χ2v) is 4.47. The van der Waals surface area contributed by atoms with Gasteiger partial charge in [0, 0.05) is 24.4 Å².